The van der Waals surface area contributed by atoms with E-state index in [1.54, 1.807) is 6.07 Å². The second-order valence-electron chi connectivity index (χ2n) is 8.55. The number of guanidine groups is 1. The standard InChI is InChI=1S/C22H37FN6O/c1-6-24-21(26-16-20(30)27-22(3,4)5)25-15-17-8-9-19(18(23)14-17)29-12-10-28(7-2)11-13-29/h8-9,14H,6-7,10-13,15-16H2,1-5H3,(H,27,30)(H2,24,25,26). The zero-order valence-electron chi connectivity index (χ0n) is 19.0. The number of carbonyl (C=O) groups is 1. The largest absolute Gasteiger partial charge is 0.367 e. The molecule has 1 heterocycles. The van der Waals surface area contributed by atoms with E-state index in [1.165, 1.54) is 0 Å². The molecule has 1 aliphatic rings. The van der Waals surface area contributed by atoms with Gasteiger partial charge in [-0.1, -0.05) is 13.0 Å². The molecule has 1 fully saturated rings. The quantitative estimate of drug-likeness (QED) is 0.465. The van der Waals surface area contributed by atoms with E-state index in [-0.39, 0.29) is 23.8 Å². The SMILES string of the molecule is CCNC(=NCc1ccc(N2CCN(CC)CC2)c(F)c1)NCC(=O)NC(C)(C)C. The molecule has 2 rings (SSSR count). The van der Waals surface area contributed by atoms with Crippen LogP contribution in [0.15, 0.2) is 23.2 Å². The molecule has 0 saturated carbocycles. The van der Waals surface area contributed by atoms with Crippen molar-refractivity contribution in [2.45, 2.75) is 46.7 Å². The molecule has 7 nitrogen and oxygen atoms in total. The number of nitrogens with zero attached hydrogens (tertiary/aromatic N) is 3. The van der Waals surface area contributed by atoms with E-state index in [9.17, 15) is 9.18 Å². The lowest BCUT2D eigenvalue weighted by molar-refractivity contribution is -0.121. The first-order chi connectivity index (χ1) is 14.2. The summed E-state index contributed by atoms with van der Waals surface area (Å²) in [7, 11) is 0. The smallest absolute Gasteiger partial charge is 0.239 e. The number of piperazine rings is 1. The van der Waals surface area contributed by atoms with Crippen LogP contribution in [-0.4, -0.2) is 68.1 Å². The van der Waals surface area contributed by atoms with Gasteiger partial charge in [0.2, 0.25) is 5.91 Å². The lowest BCUT2D eigenvalue weighted by Gasteiger charge is -2.35. The van der Waals surface area contributed by atoms with Crippen LogP contribution in [0.5, 0.6) is 0 Å². The zero-order chi connectivity index (χ0) is 22.1. The Hall–Kier alpha value is -2.35. The first-order valence-electron chi connectivity index (χ1n) is 10.8. The maximum atomic E-state index is 14.7. The molecule has 1 aromatic carbocycles. The van der Waals surface area contributed by atoms with Crippen LogP contribution in [0.1, 0.15) is 40.2 Å². The normalized spacial score (nSPS) is 15.8. The Kier molecular flexibility index (Phi) is 8.89. The summed E-state index contributed by atoms with van der Waals surface area (Å²) in [6.45, 7) is 15.7. The number of amides is 1. The highest BCUT2D eigenvalue weighted by atomic mass is 19.1. The molecule has 1 amide bonds. The van der Waals surface area contributed by atoms with Crippen LogP contribution in [0.4, 0.5) is 10.1 Å². The van der Waals surface area contributed by atoms with Gasteiger partial charge in [-0.25, -0.2) is 9.38 Å². The van der Waals surface area contributed by atoms with Crippen LogP contribution < -0.4 is 20.9 Å². The predicted molar refractivity (Wildman–Crippen MR) is 121 cm³/mol. The lowest BCUT2D eigenvalue weighted by atomic mass is 10.1. The number of carbonyl (C=O) groups excluding carboxylic acids is 1. The van der Waals surface area contributed by atoms with Crippen LogP contribution in [0, 0.1) is 5.82 Å². The van der Waals surface area contributed by atoms with E-state index in [0.717, 1.165) is 38.3 Å². The number of hydrogen-bond donors (Lipinski definition) is 3. The van der Waals surface area contributed by atoms with Crippen LogP contribution in [0.25, 0.3) is 0 Å². The molecule has 8 heteroatoms. The van der Waals surface area contributed by atoms with Gasteiger partial charge in [-0.05, 0) is 51.9 Å². The van der Waals surface area contributed by atoms with Gasteiger partial charge in [-0.2, -0.15) is 0 Å². The van der Waals surface area contributed by atoms with Gasteiger partial charge >= 0.3 is 0 Å². The number of anilines is 1. The molecule has 0 aromatic heterocycles. The fourth-order valence-corrected chi connectivity index (χ4v) is 3.35. The van der Waals surface area contributed by atoms with E-state index in [0.29, 0.717) is 24.7 Å². The number of halogens is 1. The number of rotatable bonds is 7. The number of nitrogens with one attached hydrogen (secondary N) is 3. The average Bonchev–Trinajstić information content (AvgIpc) is 2.69. The Morgan fingerprint density at radius 1 is 1.13 bits per heavy atom. The summed E-state index contributed by atoms with van der Waals surface area (Å²) >= 11 is 0. The Labute approximate surface area is 180 Å². The zero-order valence-corrected chi connectivity index (χ0v) is 19.0. The second-order valence-corrected chi connectivity index (χ2v) is 8.55. The molecule has 30 heavy (non-hydrogen) atoms. The van der Waals surface area contributed by atoms with Crippen molar-refractivity contribution in [3.63, 3.8) is 0 Å². The molecule has 3 N–H and O–H groups in total. The van der Waals surface area contributed by atoms with Crippen LogP contribution in [0.3, 0.4) is 0 Å². The minimum atomic E-state index is -0.281. The maximum Gasteiger partial charge on any atom is 0.239 e. The Morgan fingerprint density at radius 2 is 1.83 bits per heavy atom. The van der Waals surface area contributed by atoms with Gasteiger partial charge in [0, 0.05) is 38.3 Å². The third kappa shape index (κ3) is 7.82. The topological polar surface area (TPSA) is 72.0 Å². The molecule has 1 aromatic rings. The molecule has 0 bridgehead atoms. The molecule has 0 atom stereocenters. The lowest BCUT2D eigenvalue weighted by Crippen LogP contribution is -2.48. The van der Waals surface area contributed by atoms with Gasteiger partial charge in [0.1, 0.15) is 5.82 Å². The third-order valence-electron chi connectivity index (χ3n) is 4.87. The molecule has 0 aliphatic carbocycles. The number of likely N-dealkylation sites (N-methyl/N-ethyl adjacent to an activating group) is 1. The van der Waals surface area contributed by atoms with E-state index < -0.39 is 0 Å². The van der Waals surface area contributed by atoms with Crippen molar-refractivity contribution in [3.8, 4) is 0 Å². The van der Waals surface area contributed by atoms with Crippen molar-refractivity contribution in [1.82, 2.24) is 20.9 Å². The predicted octanol–water partition coefficient (Wildman–Crippen LogP) is 1.94. The van der Waals surface area contributed by atoms with Crippen molar-refractivity contribution >= 4 is 17.6 Å². The first kappa shape index (κ1) is 23.9. The molecule has 168 valence electrons. The Bertz CT molecular complexity index is 723. The Morgan fingerprint density at radius 3 is 2.40 bits per heavy atom. The van der Waals surface area contributed by atoms with Gasteiger partial charge in [-0.3, -0.25) is 4.79 Å². The average molecular weight is 421 g/mol. The van der Waals surface area contributed by atoms with Gasteiger partial charge in [0.15, 0.2) is 5.96 Å². The van der Waals surface area contributed by atoms with Gasteiger partial charge in [0.05, 0.1) is 18.8 Å². The number of aliphatic imine (C=N–C) groups is 1. The first-order valence-corrected chi connectivity index (χ1v) is 10.8. The van der Waals surface area contributed by atoms with Crippen molar-refractivity contribution < 1.29 is 9.18 Å². The summed E-state index contributed by atoms with van der Waals surface area (Å²) in [6, 6.07) is 5.32. The fraction of sp³-hybridized carbons (Fsp3) is 0.636. The van der Waals surface area contributed by atoms with Crippen molar-refractivity contribution in [3.05, 3.63) is 29.6 Å². The highest BCUT2D eigenvalue weighted by molar-refractivity contribution is 5.86. The summed E-state index contributed by atoms with van der Waals surface area (Å²) in [5.74, 6) is 0.212. The minimum Gasteiger partial charge on any atom is -0.367 e. The van der Waals surface area contributed by atoms with Gasteiger partial charge < -0.3 is 25.8 Å². The van der Waals surface area contributed by atoms with Crippen LogP contribution in [-0.2, 0) is 11.3 Å². The van der Waals surface area contributed by atoms with E-state index in [2.05, 4.69) is 37.7 Å². The van der Waals surface area contributed by atoms with E-state index in [1.807, 2.05) is 39.8 Å². The second kappa shape index (κ2) is 11.2. The monoisotopic (exact) mass is 420 g/mol. The van der Waals surface area contributed by atoms with Crippen molar-refractivity contribution in [2.75, 3.05) is 50.7 Å². The van der Waals surface area contributed by atoms with E-state index >= 15 is 0 Å². The molecule has 0 spiro atoms. The summed E-state index contributed by atoms with van der Waals surface area (Å²) in [6.07, 6.45) is 0. The highest BCUT2D eigenvalue weighted by Gasteiger charge is 2.18. The number of hydrogen-bond acceptors (Lipinski definition) is 4. The molecular weight excluding hydrogens is 383 g/mol. The summed E-state index contributed by atoms with van der Waals surface area (Å²) in [5, 5.41) is 9.03. The third-order valence-corrected chi connectivity index (χ3v) is 4.87. The highest BCUT2D eigenvalue weighted by Crippen LogP contribution is 2.22. The molecule has 0 unspecified atom stereocenters. The van der Waals surface area contributed by atoms with Crippen LogP contribution >= 0.6 is 0 Å². The summed E-state index contributed by atoms with van der Waals surface area (Å²) < 4.78 is 14.7. The molecular formula is C22H37FN6O. The molecule has 1 aliphatic heterocycles. The molecule has 0 radical (unpaired) electrons. The summed E-state index contributed by atoms with van der Waals surface area (Å²) in [5.41, 5.74) is 1.17. The van der Waals surface area contributed by atoms with Gasteiger partial charge in [-0.15, -0.1) is 0 Å². The van der Waals surface area contributed by atoms with Crippen molar-refractivity contribution in [2.24, 2.45) is 4.99 Å². The van der Waals surface area contributed by atoms with Gasteiger partial charge in [0.25, 0.3) is 0 Å². The summed E-state index contributed by atoms with van der Waals surface area (Å²) in [4.78, 5) is 21.0. The minimum absolute atomic E-state index is 0.105. The van der Waals surface area contributed by atoms with Crippen molar-refractivity contribution in [1.29, 1.82) is 0 Å². The maximum absolute atomic E-state index is 14.7. The van der Waals surface area contributed by atoms with Crippen LogP contribution in [0.2, 0.25) is 0 Å². The fourth-order valence-electron chi connectivity index (χ4n) is 3.35. The Balaban J connectivity index is 1.95. The number of benzene rings is 1. The van der Waals surface area contributed by atoms with E-state index in [4.69, 9.17) is 0 Å². The molecule has 1 saturated heterocycles.